The maximum absolute atomic E-state index is 13.3. The van der Waals surface area contributed by atoms with Crippen molar-refractivity contribution < 1.29 is 24.0 Å². The Hall–Kier alpha value is -3.98. The molecule has 0 spiro atoms. The molecule has 4 rings (SSSR count). The molecular formula is C23H24N5O4+. The van der Waals surface area contributed by atoms with Gasteiger partial charge in [-0.05, 0) is 6.07 Å². The van der Waals surface area contributed by atoms with Gasteiger partial charge in [0.05, 0.1) is 31.9 Å². The Morgan fingerprint density at radius 3 is 2.62 bits per heavy atom. The standard InChI is InChI=1S/C23H23N5O4/c1-28(14-16-9-5-6-10-18(16)27-19(22(28)31)11-20(29)30)23(32)25-13-17-12-24-21(26-17)15-7-3-2-4-8-15/h2-10,12,19,27H,11,13-14H2,1H3,(H2-,24,25,26,29,30,32)/p+1. The number of H-pyrrole nitrogens is 1. The number of nitrogens with one attached hydrogen (secondary N) is 3. The number of carbonyl (C=O) groups is 3. The van der Waals surface area contributed by atoms with E-state index in [1.54, 1.807) is 18.3 Å². The molecule has 0 saturated heterocycles. The molecule has 1 aromatic heterocycles. The zero-order valence-electron chi connectivity index (χ0n) is 17.5. The van der Waals surface area contributed by atoms with Gasteiger partial charge in [0.2, 0.25) is 0 Å². The number of rotatable bonds is 5. The summed E-state index contributed by atoms with van der Waals surface area (Å²) in [4.78, 5) is 45.3. The lowest BCUT2D eigenvalue weighted by atomic mass is 10.1. The van der Waals surface area contributed by atoms with Crippen molar-refractivity contribution in [2.75, 3.05) is 12.4 Å². The molecule has 0 fully saturated rings. The number of carboxylic acids is 1. The minimum absolute atomic E-state index is 0.113. The molecule has 0 radical (unpaired) electrons. The second-order valence-electron chi connectivity index (χ2n) is 7.92. The van der Waals surface area contributed by atoms with Crippen LogP contribution in [0.15, 0.2) is 60.8 Å². The number of nitrogens with zero attached hydrogens (tertiary/aromatic N) is 2. The van der Waals surface area contributed by atoms with E-state index in [4.69, 9.17) is 0 Å². The van der Waals surface area contributed by atoms with Gasteiger partial charge in [0.25, 0.3) is 0 Å². The van der Waals surface area contributed by atoms with Gasteiger partial charge in [-0.2, -0.15) is 4.48 Å². The number of benzene rings is 2. The number of hydrogen-bond donors (Lipinski definition) is 4. The minimum Gasteiger partial charge on any atom is -0.481 e. The molecule has 32 heavy (non-hydrogen) atoms. The van der Waals surface area contributed by atoms with Crippen molar-refractivity contribution in [1.82, 2.24) is 15.3 Å². The van der Waals surface area contributed by atoms with Crippen LogP contribution < -0.4 is 10.6 Å². The van der Waals surface area contributed by atoms with Gasteiger partial charge in [-0.15, -0.1) is 0 Å². The first-order chi connectivity index (χ1) is 15.4. The van der Waals surface area contributed by atoms with E-state index in [9.17, 15) is 19.5 Å². The van der Waals surface area contributed by atoms with Gasteiger partial charge in [-0.3, -0.25) is 10.1 Å². The molecule has 0 bridgehead atoms. The molecule has 1 aliphatic heterocycles. The molecule has 3 aromatic rings. The molecule has 9 heteroatoms. The molecule has 0 saturated carbocycles. The zero-order chi connectivity index (χ0) is 22.7. The Balaban J connectivity index is 1.54. The van der Waals surface area contributed by atoms with Crippen LogP contribution in [0.4, 0.5) is 10.5 Å². The van der Waals surface area contributed by atoms with Crippen LogP contribution in [0.2, 0.25) is 0 Å². The fourth-order valence-electron chi connectivity index (χ4n) is 3.83. The highest BCUT2D eigenvalue weighted by atomic mass is 16.4. The summed E-state index contributed by atoms with van der Waals surface area (Å²) >= 11 is 0. The lowest BCUT2D eigenvalue weighted by Gasteiger charge is -2.29. The molecule has 164 valence electrons. The number of carbonyl (C=O) groups excluding carboxylic acids is 2. The lowest BCUT2D eigenvalue weighted by Crippen LogP contribution is -2.60. The van der Waals surface area contributed by atoms with Gasteiger partial charge < -0.3 is 15.4 Å². The molecule has 2 atom stereocenters. The number of imidazole rings is 1. The highest BCUT2D eigenvalue weighted by Crippen LogP contribution is 2.28. The first-order valence-electron chi connectivity index (χ1n) is 10.2. The van der Waals surface area contributed by atoms with E-state index in [1.807, 2.05) is 42.5 Å². The fraction of sp³-hybridized carbons (Fsp3) is 0.217. The van der Waals surface area contributed by atoms with Crippen molar-refractivity contribution >= 4 is 23.6 Å². The average Bonchev–Trinajstić information content (AvgIpc) is 3.23. The van der Waals surface area contributed by atoms with Crippen LogP contribution in [0.5, 0.6) is 0 Å². The molecule has 3 amide bonds. The lowest BCUT2D eigenvalue weighted by molar-refractivity contribution is -0.766. The van der Waals surface area contributed by atoms with E-state index >= 15 is 0 Å². The average molecular weight is 434 g/mol. The smallest absolute Gasteiger partial charge is 0.424 e. The van der Waals surface area contributed by atoms with E-state index in [2.05, 4.69) is 20.6 Å². The van der Waals surface area contributed by atoms with Crippen LogP contribution in [0.1, 0.15) is 17.7 Å². The third-order valence-electron chi connectivity index (χ3n) is 5.55. The van der Waals surface area contributed by atoms with Crippen LogP contribution >= 0.6 is 0 Å². The Morgan fingerprint density at radius 1 is 1.16 bits per heavy atom. The molecule has 2 unspecified atom stereocenters. The highest BCUT2D eigenvalue weighted by Gasteiger charge is 2.47. The molecule has 9 nitrogen and oxygen atoms in total. The maximum atomic E-state index is 13.3. The van der Waals surface area contributed by atoms with Gasteiger partial charge in [0, 0.05) is 16.8 Å². The number of hydrogen-bond acceptors (Lipinski definition) is 5. The normalized spacial score (nSPS) is 20.0. The molecule has 2 heterocycles. The number of aromatic nitrogens is 2. The van der Waals surface area contributed by atoms with Gasteiger partial charge in [0.1, 0.15) is 12.4 Å². The van der Waals surface area contributed by atoms with Gasteiger partial charge in [0.15, 0.2) is 6.04 Å². The van der Waals surface area contributed by atoms with Crippen LogP contribution in [-0.2, 0) is 22.7 Å². The highest BCUT2D eigenvalue weighted by molar-refractivity contribution is 5.92. The SMILES string of the molecule is C[N+]1(C(=O)NCc2cnc(-c3ccccc3)[nH]2)Cc2ccccc2NC(CC(=O)O)C1=O. The number of likely N-dealkylation sites (N-methyl/N-ethyl adjacent to an activating group) is 1. The van der Waals surface area contributed by atoms with Crippen LogP contribution in [-0.4, -0.2) is 50.6 Å². The first-order valence-corrected chi connectivity index (χ1v) is 10.2. The van der Waals surface area contributed by atoms with Crippen molar-refractivity contribution in [2.45, 2.75) is 25.6 Å². The second kappa shape index (κ2) is 8.64. The summed E-state index contributed by atoms with van der Waals surface area (Å²) in [5, 5.41) is 15.1. The summed E-state index contributed by atoms with van der Waals surface area (Å²) in [7, 11) is 1.51. The number of aliphatic carboxylic acids is 1. The van der Waals surface area contributed by atoms with Crippen molar-refractivity contribution in [1.29, 1.82) is 0 Å². The number of imide groups is 1. The van der Waals surface area contributed by atoms with E-state index in [0.29, 0.717) is 17.2 Å². The predicted molar refractivity (Wildman–Crippen MR) is 117 cm³/mol. The second-order valence-corrected chi connectivity index (χ2v) is 7.92. The molecule has 1 aliphatic rings. The van der Waals surface area contributed by atoms with Crippen molar-refractivity contribution in [2.24, 2.45) is 0 Å². The summed E-state index contributed by atoms with van der Waals surface area (Å²) in [5.41, 5.74) is 3.03. The van der Waals surface area contributed by atoms with Gasteiger partial charge in [-0.25, -0.2) is 14.6 Å². The van der Waals surface area contributed by atoms with E-state index in [-0.39, 0.29) is 13.1 Å². The Morgan fingerprint density at radius 2 is 1.88 bits per heavy atom. The number of amides is 3. The Kier molecular flexibility index (Phi) is 5.74. The summed E-state index contributed by atoms with van der Waals surface area (Å²) < 4.78 is -0.596. The summed E-state index contributed by atoms with van der Waals surface area (Å²) in [6.07, 6.45) is 1.21. The quantitative estimate of drug-likeness (QED) is 0.458. The Labute approximate surface area is 184 Å². The largest absolute Gasteiger partial charge is 0.481 e. The maximum Gasteiger partial charge on any atom is 0.424 e. The monoisotopic (exact) mass is 434 g/mol. The topological polar surface area (TPSA) is 124 Å². The summed E-state index contributed by atoms with van der Waals surface area (Å²) in [6, 6.07) is 15.3. The van der Waals surface area contributed by atoms with E-state index < -0.39 is 34.9 Å². The summed E-state index contributed by atoms with van der Waals surface area (Å²) in [6.45, 7) is 0.265. The van der Waals surface area contributed by atoms with Crippen LogP contribution in [0.25, 0.3) is 11.4 Å². The van der Waals surface area contributed by atoms with Gasteiger partial charge in [-0.1, -0.05) is 48.5 Å². The minimum atomic E-state index is -1.12. The zero-order valence-corrected chi connectivity index (χ0v) is 17.5. The van der Waals surface area contributed by atoms with Gasteiger partial charge >= 0.3 is 17.9 Å². The molecule has 2 aromatic carbocycles. The van der Waals surface area contributed by atoms with E-state index in [0.717, 1.165) is 11.1 Å². The number of anilines is 1. The third kappa shape index (κ3) is 4.23. The fourth-order valence-corrected chi connectivity index (χ4v) is 3.83. The third-order valence-corrected chi connectivity index (χ3v) is 5.55. The number of carboxylic acid groups (broad SMARTS) is 1. The number of fused-ring (bicyclic) bond motifs is 1. The van der Waals surface area contributed by atoms with Crippen molar-refractivity contribution in [3.05, 3.63) is 72.1 Å². The van der Waals surface area contributed by atoms with Crippen molar-refractivity contribution in [3.8, 4) is 11.4 Å². The van der Waals surface area contributed by atoms with Crippen LogP contribution in [0, 0.1) is 0 Å². The number of aromatic amines is 1. The molecule has 0 aliphatic carbocycles. The van der Waals surface area contributed by atoms with Crippen LogP contribution in [0.3, 0.4) is 0 Å². The predicted octanol–water partition coefficient (Wildman–Crippen LogP) is 2.73. The Bertz CT molecular complexity index is 1160. The molecular weight excluding hydrogens is 410 g/mol. The summed E-state index contributed by atoms with van der Waals surface area (Å²) in [5.74, 6) is -0.940. The van der Waals surface area contributed by atoms with Crippen molar-refractivity contribution in [3.63, 3.8) is 0 Å². The molecule has 4 N–H and O–H groups in total. The van der Waals surface area contributed by atoms with E-state index in [1.165, 1.54) is 7.05 Å². The number of quaternary nitrogens is 1. The number of urea groups is 1. The number of para-hydroxylation sites is 1. The first kappa shape index (κ1) is 21.3.